The van der Waals surface area contributed by atoms with Gasteiger partial charge in [-0.05, 0) is 49.9 Å². The van der Waals surface area contributed by atoms with Crippen molar-refractivity contribution in [2.24, 2.45) is 0 Å². The van der Waals surface area contributed by atoms with Gasteiger partial charge in [-0.2, -0.15) is 0 Å². The topological polar surface area (TPSA) is 59.2 Å². The largest absolute Gasteiger partial charge is 0.461 e. The number of furan rings is 1. The van der Waals surface area contributed by atoms with Crippen molar-refractivity contribution in [3.05, 3.63) is 70.4 Å². The number of rotatable bonds is 3. The summed E-state index contributed by atoms with van der Waals surface area (Å²) in [6, 6.07) is 14.1. The third kappa shape index (κ3) is 3.04. The number of aromatic nitrogens is 2. The number of amides is 1. The van der Waals surface area contributed by atoms with Crippen molar-refractivity contribution in [3.8, 4) is 11.6 Å². The number of thiophene rings is 1. The van der Waals surface area contributed by atoms with Gasteiger partial charge in [-0.25, -0.2) is 9.97 Å². The zero-order valence-corrected chi connectivity index (χ0v) is 17.2. The molecule has 0 unspecified atom stereocenters. The Labute approximate surface area is 173 Å². The van der Waals surface area contributed by atoms with Gasteiger partial charge in [-0.1, -0.05) is 30.3 Å². The second-order valence-corrected chi connectivity index (χ2v) is 8.41. The molecule has 0 N–H and O–H groups in total. The van der Waals surface area contributed by atoms with E-state index < -0.39 is 0 Å². The first-order chi connectivity index (χ1) is 14.1. The molecule has 29 heavy (non-hydrogen) atoms. The maximum Gasteiger partial charge on any atom is 0.264 e. The molecular formula is C23H21N3O2S. The molecule has 4 heterocycles. The van der Waals surface area contributed by atoms with Gasteiger partial charge in [0.05, 0.1) is 22.9 Å². The zero-order chi connectivity index (χ0) is 20.0. The average Bonchev–Trinajstić information content (AvgIpc) is 3.48. The molecule has 0 spiro atoms. The molecule has 6 heteroatoms. The van der Waals surface area contributed by atoms with Crippen molar-refractivity contribution in [2.75, 3.05) is 6.54 Å². The highest BCUT2D eigenvalue weighted by atomic mass is 32.1. The normalized spacial score (nSPS) is 16.6. The van der Waals surface area contributed by atoms with Gasteiger partial charge in [0.15, 0.2) is 11.6 Å². The number of likely N-dealkylation sites (tertiary alicyclic amines) is 1. The summed E-state index contributed by atoms with van der Waals surface area (Å²) in [5.74, 6) is 1.29. The second-order valence-electron chi connectivity index (χ2n) is 7.41. The van der Waals surface area contributed by atoms with Crippen LogP contribution in [0.3, 0.4) is 0 Å². The fourth-order valence-electron chi connectivity index (χ4n) is 4.22. The summed E-state index contributed by atoms with van der Waals surface area (Å²) in [7, 11) is 0. The van der Waals surface area contributed by atoms with E-state index in [4.69, 9.17) is 4.42 Å². The monoisotopic (exact) mass is 403 g/mol. The van der Waals surface area contributed by atoms with Crippen LogP contribution in [0.2, 0.25) is 0 Å². The molecule has 1 amide bonds. The summed E-state index contributed by atoms with van der Waals surface area (Å²) in [6.07, 6.45) is 3.64. The molecule has 0 radical (unpaired) electrons. The van der Waals surface area contributed by atoms with Crippen molar-refractivity contribution in [1.29, 1.82) is 0 Å². The maximum absolute atomic E-state index is 13.5. The summed E-state index contributed by atoms with van der Waals surface area (Å²) in [5, 5.41) is 0.976. The number of carbonyl (C=O) groups excluding carboxylic acids is 1. The minimum absolute atomic E-state index is 0.0933. The molecule has 1 aliphatic rings. The number of fused-ring (bicyclic) bond motifs is 1. The molecule has 1 aromatic carbocycles. The number of carbonyl (C=O) groups is 1. The van der Waals surface area contributed by atoms with Crippen LogP contribution in [0, 0.1) is 13.8 Å². The quantitative estimate of drug-likeness (QED) is 0.450. The Morgan fingerprint density at radius 1 is 1.14 bits per heavy atom. The number of aryl methyl sites for hydroxylation is 2. The van der Waals surface area contributed by atoms with Crippen LogP contribution in [0.1, 0.15) is 45.4 Å². The highest BCUT2D eigenvalue weighted by Gasteiger charge is 2.32. The predicted octanol–water partition coefficient (Wildman–Crippen LogP) is 5.55. The van der Waals surface area contributed by atoms with Crippen LogP contribution in [0.4, 0.5) is 0 Å². The summed E-state index contributed by atoms with van der Waals surface area (Å²) >= 11 is 1.46. The summed E-state index contributed by atoms with van der Waals surface area (Å²) < 4.78 is 5.46. The van der Waals surface area contributed by atoms with Gasteiger partial charge in [-0.3, -0.25) is 4.79 Å². The number of nitrogens with zero attached hydrogens (tertiary/aromatic N) is 3. The standard InChI is InChI=1S/C23H21N3O2S/c1-14-19-15(2)24-21(18-11-7-13-28-18)25-22(19)29-20(14)23(27)26-12-6-10-17(26)16-8-4-3-5-9-16/h3-5,7-9,11,13,17H,6,10,12H2,1-2H3/t17-/m1/s1. The number of benzene rings is 1. The first kappa shape index (κ1) is 18.1. The molecule has 4 aromatic rings. The first-order valence-electron chi connectivity index (χ1n) is 9.81. The van der Waals surface area contributed by atoms with Crippen molar-refractivity contribution < 1.29 is 9.21 Å². The molecular weight excluding hydrogens is 382 g/mol. The second kappa shape index (κ2) is 7.12. The predicted molar refractivity (Wildman–Crippen MR) is 114 cm³/mol. The van der Waals surface area contributed by atoms with Gasteiger partial charge in [0.2, 0.25) is 0 Å². The van der Waals surface area contributed by atoms with Crippen molar-refractivity contribution in [2.45, 2.75) is 32.7 Å². The minimum atomic E-state index is 0.0933. The molecule has 0 aliphatic carbocycles. The van der Waals surface area contributed by atoms with Gasteiger partial charge in [0.1, 0.15) is 4.83 Å². The minimum Gasteiger partial charge on any atom is -0.461 e. The summed E-state index contributed by atoms with van der Waals surface area (Å²) in [5.41, 5.74) is 3.04. The lowest BCUT2D eigenvalue weighted by molar-refractivity contribution is 0.0740. The third-order valence-corrected chi connectivity index (χ3v) is 6.78. The van der Waals surface area contributed by atoms with Crippen LogP contribution in [0.5, 0.6) is 0 Å². The van der Waals surface area contributed by atoms with E-state index in [-0.39, 0.29) is 11.9 Å². The zero-order valence-electron chi connectivity index (χ0n) is 16.4. The van der Waals surface area contributed by atoms with E-state index >= 15 is 0 Å². The molecule has 1 fully saturated rings. The van der Waals surface area contributed by atoms with E-state index in [1.54, 1.807) is 6.26 Å². The van der Waals surface area contributed by atoms with Gasteiger partial charge in [0.25, 0.3) is 5.91 Å². The molecule has 3 aromatic heterocycles. The molecule has 1 saturated heterocycles. The number of hydrogen-bond acceptors (Lipinski definition) is 5. The van der Waals surface area contributed by atoms with Crippen LogP contribution >= 0.6 is 11.3 Å². The van der Waals surface area contributed by atoms with E-state index in [1.165, 1.54) is 16.9 Å². The van der Waals surface area contributed by atoms with E-state index in [9.17, 15) is 4.79 Å². The Balaban J connectivity index is 1.55. The molecule has 5 rings (SSSR count). The fraction of sp³-hybridized carbons (Fsp3) is 0.261. The SMILES string of the molecule is Cc1nc(-c2ccco2)nc2sc(C(=O)N3CCC[C@@H]3c3ccccc3)c(C)c12. The summed E-state index contributed by atoms with van der Waals surface area (Å²) in [6.45, 7) is 4.75. The van der Waals surface area contributed by atoms with E-state index in [2.05, 4.69) is 22.1 Å². The van der Waals surface area contributed by atoms with Gasteiger partial charge in [-0.15, -0.1) is 11.3 Å². The van der Waals surface area contributed by atoms with E-state index in [0.29, 0.717) is 11.6 Å². The molecule has 146 valence electrons. The van der Waals surface area contributed by atoms with E-state index in [1.807, 2.05) is 49.1 Å². The average molecular weight is 404 g/mol. The fourth-order valence-corrected chi connectivity index (χ4v) is 5.41. The molecule has 1 aliphatic heterocycles. The van der Waals surface area contributed by atoms with Gasteiger partial charge < -0.3 is 9.32 Å². The highest BCUT2D eigenvalue weighted by molar-refractivity contribution is 7.20. The van der Waals surface area contributed by atoms with E-state index in [0.717, 1.165) is 45.7 Å². The Bertz CT molecular complexity index is 1180. The molecule has 1 atom stereocenters. The Morgan fingerprint density at radius 3 is 2.72 bits per heavy atom. The number of hydrogen-bond donors (Lipinski definition) is 0. The maximum atomic E-state index is 13.5. The Morgan fingerprint density at radius 2 is 1.97 bits per heavy atom. The van der Waals surface area contributed by atoms with Crippen LogP contribution < -0.4 is 0 Å². The van der Waals surface area contributed by atoms with Crippen LogP contribution in [0.25, 0.3) is 21.8 Å². The van der Waals surface area contributed by atoms with Crippen molar-refractivity contribution >= 4 is 27.5 Å². The Hall–Kier alpha value is -2.99. The summed E-state index contributed by atoms with van der Waals surface area (Å²) in [4.78, 5) is 26.4. The molecule has 0 bridgehead atoms. The van der Waals surface area contributed by atoms with Crippen LogP contribution in [-0.4, -0.2) is 27.3 Å². The molecule has 5 nitrogen and oxygen atoms in total. The highest BCUT2D eigenvalue weighted by Crippen LogP contribution is 2.38. The Kier molecular flexibility index (Phi) is 4.43. The van der Waals surface area contributed by atoms with Gasteiger partial charge in [0, 0.05) is 11.9 Å². The van der Waals surface area contributed by atoms with Gasteiger partial charge >= 0.3 is 0 Å². The smallest absolute Gasteiger partial charge is 0.264 e. The lowest BCUT2D eigenvalue weighted by atomic mass is 10.0. The van der Waals surface area contributed by atoms with Crippen LogP contribution in [-0.2, 0) is 0 Å². The van der Waals surface area contributed by atoms with Crippen molar-refractivity contribution in [1.82, 2.24) is 14.9 Å². The third-order valence-electron chi connectivity index (χ3n) is 5.60. The van der Waals surface area contributed by atoms with Crippen molar-refractivity contribution in [3.63, 3.8) is 0 Å². The molecule has 0 saturated carbocycles. The first-order valence-corrected chi connectivity index (χ1v) is 10.6. The lowest BCUT2D eigenvalue weighted by Crippen LogP contribution is -2.30. The van der Waals surface area contributed by atoms with Crippen LogP contribution in [0.15, 0.2) is 53.1 Å². The lowest BCUT2D eigenvalue weighted by Gasteiger charge is -2.25.